The molecule has 12 rings (SSSR count). The predicted molar refractivity (Wildman–Crippen MR) is 279 cm³/mol. The van der Waals surface area contributed by atoms with E-state index >= 15 is 0 Å². The minimum atomic E-state index is -0.0681. The molecule has 8 aromatic rings. The summed E-state index contributed by atoms with van der Waals surface area (Å²) < 4.78 is 2.69. The SMILES string of the molecule is Cc1cc2c3c(c1)N(c1cc4c(cc1C)C(C)(C)CCC4(C)C)c1ccc(-c4ccccc4)cc1B3N(c1ccc3c(c1)C(C)(C)CCC3(C)C)c1ccc3sc4ccccc4c3c1-2. The highest BCUT2D eigenvalue weighted by molar-refractivity contribution is 7.26. The fourth-order valence-corrected chi connectivity index (χ4v) is 13.6. The van der Waals surface area contributed by atoms with Crippen LogP contribution in [0.15, 0.2) is 127 Å². The van der Waals surface area contributed by atoms with Crippen molar-refractivity contribution in [3.8, 4) is 22.3 Å². The molecule has 0 saturated heterocycles. The van der Waals surface area contributed by atoms with Crippen LogP contribution in [0.4, 0.5) is 28.4 Å². The zero-order chi connectivity index (χ0) is 44.2. The molecule has 3 heterocycles. The summed E-state index contributed by atoms with van der Waals surface area (Å²) in [5.74, 6) is 0. The van der Waals surface area contributed by atoms with Crippen molar-refractivity contribution in [1.29, 1.82) is 0 Å². The number of thiophene rings is 1. The number of rotatable bonds is 3. The van der Waals surface area contributed by atoms with Gasteiger partial charge >= 0.3 is 6.85 Å². The molecule has 4 aliphatic rings. The van der Waals surface area contributed by atoms with E-state index in [2.05, 4.69) is 206 Å². The van der Waals surface area contributed by atoms with E-state index in [0.29, 0.717) is 0 Å². The van der Waals surface area contributed by atoms with Gasteiger partial charge in [0.15, 0.2) is 0 Å². The quantitative estimate of drug-likeness (QED) is 0.163. The summed E-state index contributed by atoms with van der Waals surface area (Å²) in [6, 6.07) is 50.0. The largest absolute Gasteiger partial charge is 0.376 e. The zero-order valence-corrected chi connectivity index (χ0v) is 40.1. The van der Waals surface area contributed by atoms with Crippen molar-refractivity contribution >= 4 is 77.7 Å². The van der Waals surface area contributed by atoms with E-state index in [9.17, 15) is 0 Å². The van der Waals surface area contributed by atoms with E-state index in [-0.39, 0.29) is 28.5 Å². The van der Waals surface area contributed by atoms with Gasteiger partial charge in [0.1, 0.15) is 0 Å². The van der Waals surface area contributed by atoms with Crippen LogP contribution in [0.5, 0.6) is 0 Å². The molecular weight excluding hydrogens is 792 g/mol. The van der Waals surface area contributed by atoms with Gasteiger partial charge in [-0.15, -0.1) is 11.3 Å². The molecule has 0 unspecified atom stereocenters. The van der Waals surface area contributed by atoms with E-state index in [1.54, 1.807) is 0 Å². The van der Waals surface area contributed by atoms with E-state index in [4.69, 9.17) is 0 Å². The maximum atomic E-state index is 2.76. The number of hydrogen-bond acceptors (Lipinski definition) is 3. The number of anilines is 5. The van der Waals surface area contributed by atoms with E-state index in [0.717, 1.165) is 0 Å². The lowest BCUT2D eigenvalue weighted by atomic mass is 9.43. The number of hydrogen-bond donors (Lipinski definition) is 0. The highest BCUT2D eigenvalue weighted by Crippen LogP contribution is 2.55. The smallest absolute Gasteiger partial charge is 0.333 e. The fourth-order valence-electron chi connectivity index (χ4n) is 12.4. The van der Waals surface area contributed by atoms with E-state index < -0.39 is 0 Å². The topological polar surface area (TPSA) is 6.48 Å². The highest BCUT2D eigenvalue weighted by atomic mass is 32.1. The molecule has 0 saturated carbocycles. The van der Waals surface area contributed by atoms with Crippen molar-refractivity contribution in [2.75, 3.05) is 9.71 Å². The van der Waals surface area contributed by atoms with E-state index in [1.807, 2.05) is 11.3 Å². The third kappa shape index (κ3) is 5.70. The van der Waals surface area contributed by atoms with Gasteiger partial charge in [-0.3, -0.25) is 0 Å². The van der Waals surface area contributed by atoms with Crippen molar-refractivity contribution in [2.45, 2.75) is 117 Å². The molecule has 0 atom stereocenters. The summed E-state index contributed by atoms with van der Waals surface area (Å²) in [4.78, 5) is 5.43. The first-order valence-electron chi connectivity index (χ1n) is 23.7. The van der Waals surface area contributed by atoms with Crippen LogP contribution < -0.4 is 20.6 Å². The zero-order valence-electron chi connectivity index (χ0n) is 39.3. The molecule has 2 aliphatic carbocycles. The van der Waals surface area contributed by atoms with Crippen molar-refractivity contribution < 1.29 is 0 Å². The number of nitrogens with zero attached hydrogens (tertiary/aromatic N) is 2. The van der Waals surface area contributed by atoms with Gasteiger partial charge in [-0.05, 0) is 171 Å². The fraction of sp³-hybridized carbons (Fsp3) is 0.300. The first-order chi connectivity index (χ1) is 30.5. The van der Waals surface area contributed by atoms with Gasteiger partial charge in [0.25, 0.3) is 0 Å². The van der Waals surface area contributed by atoms with Gasteiger partial charge in [0.05, 0.1) is 0 Å². The molecular formula is C60H59BN2S. The van der Waals surface area contributed by atoms with Crippen LogP contribution in [0.3, 0.4) is 0 Å². The van der Waals surface area contributed by atoms with Gasteiger partial charge in [-0.2, -0.15) is 0 Å². The standard InChI is InChI=1S/C60H59BN2S/c1-36-30-42-54-49(24-25-53-55(54)41-18-14-15-19-52(41)64-53)63(40-21-22-43-45(34-40)59(7,8)27-26-57(43,3)4)61-47-33-39(38-16-12-11-13-17-38)20-23-48(47)62(51(31-36)56(42)61)50-35-46-44(32-37(50)2)58(5,6)28-29-60(46,9)10/h11-25,30-35H,26-29H2,1-10H3. The summed E-state index contributed by atoms with van der Waals surface area (Å²) in [6.45, 7) is 24.3. The molecule has 318 valence electrons. The minimum Gasteiger partial charge on any atom is -0.376 e. The molecule has 7 aromatic carbocycles. The van der Waals surface area contributed by atoms with Crippen LogP contribution in [0.25, 0.3) is 42.4 Å². The molecule has 1 aromatic heterocycles. The molecule has 4 heteroatoms. The Bertz CT molecular complexity index is 3270. The molecule has 0 spiro atoms. The second-order valence-electron chi connectivity index (χ2n) is 22.4. The monoisotopic (exact) mass is 850 g/mol. The Hall–Kier alpha value is -5.58. The van der Waals surface area contributed by atoms with Crippen LogP contribution in [0.2, 0.25) is 0 Å². The Morgan fingerprint density at radius 2 is 1.14 bits per heavy atom. The lowest BCUT2D eigenvalue weighted by molar-refractivity contribution is 0.332. The van der Waals surface area contributed by atoms with Crippen molar-refractivity contribution in [3.05, 3.63) is 161 Å². The number of benzene rings is 7. The van der Waals surface area contributed by atoms with Crippen LogP contribution >= 0.6 is 11.3 Å². The van der Waals surface area contributed by atoms with Crippen molar-refractivity contribution in [3.63, 3.8) is 0 Å². The maximum Gasteiger partial charge on any atom is 0.333 e. The molecule has 0 amide bonds. The number of aryl methyl sites for hydroxylation is 2. The predicted octanol–water partition coefficient (Wildman–Crippen LogP) is 15.7. The molecule has 0 bridgehead atoms. The molecule has 0 fully saturated rings. The van der Waals surface area contributed by atoms with Crippen molar-refractivity contribution in [2.24, 2.45) is 0 Å². The minimum absolute atomic E-state index is 0.0681. The lowest BCUT2D eigenvalue weighted by Gasteiger charge is -2.48. The third-order valence-electron chi connectivity index (χ3n) is 16.3. The van der Waals surface area contributed by atoms with Crippen LogP contribution in [-0.4, -0.2) is 6.85 Å². The summed E-state index contributed by atoms with van der Waals surface area (Å²) in [6.07, 6.45) is 4.76. The average Bonchev–Trinajstić information content (AvgIpc) is 3.66. The van der Waals surface area contributed by atoms with Crippen molar-refractivity contribution in [1.82, 2.24) is 0 Å². The third-order valence-corrected chi connectivity index (χ3v) is 17.5. The van der Waals surface area contributed by atoms with Gasteiger partial charge in [0, 0.05) is 54.2 Å². The first kappa shape index (κ1) is 40.0. The van der Waals surface area contributed by atoms with Crippen LogP contribution in [0.1, 0.15) is 114 Å². The van der Waals surface area contributed by atoms with Gasteiger partial charge < -0.3 is 9.71 Å². The Morgan fingerprint density at radius 3 is 1.88 bits per heavy atom. The summed E-state index contributed by atoms with van der Waals surface area (Å²) in [7, 11) is 0. The van der Waals surface area contributed by atoms with Crippen LogP contribution in [0, 0.1) is 13.8 Å². The molecule has 2 nitrogen and oxygen atoms in total. The molecule has 64 heavy (non-hydrogen) atoms. The van der Waals surface area contributed by atoms with E-state index in [1.165, 1.54) is 141 Å². The molecule has 2 aliphatic heterocycles. The second kappa shape index (κ2) is 13.5. The Kier molecular flexibility index (Phi) is 8.42. The summed E-state index contributed by atoms with van der Waals surface area (Å²) >= 11 is 1.92. The van der Waals surface area contributed by atoms with Gasteiger partial charge in [-0.25, -0.2) is 0 Å². The number of fused-ring (bicyclic) bond motifs is 10. The second-order valence-corrected chi connectivity index (χ2v) is 23.5. The average molecular weight is 851 g/mol. The molecule has 0 N–H and O–H groups in total. The van der Waals surface area contributed by atoms with Gasteiger partial charge in [0.2, 0.25) is 0 Å². The van der Waals surface area contributed by atoms with Gasteiger partial charge in [-0.1, -0.05) is 134 Å². The normalized spacial score (nSPS) is 18.3. The Morgan fingerprint density at radius 1 is 0.500 bits per heavy atom. The van der Waals surface area contributed by atoms with Crippen LogP contribution in [-0.2, 0) is 21.7 Å². The maximum absolute atomic E-state index is 2.76. The lowest BCUT2D eigenvalue weighted by Crippen LogP contribution is -2.61. The first-order valence-corrected chi connectivity index (χ1v) is 24.5. The Labute approximate surface area is 385 Å². The highest BCUT2D eigenvalue weighted by Gasteiger charge is 2.48. The molecule has 0 radical (unpaired) electrons. The summed E-state index contributed by atoms with van der Waals surface area (Å²) in [5.41, 5.74) is 23.4. The Balaban J connectivity index is 1.22. The summed E-state index contributed by atoms with van der Waals surface area (Å²) in [5, 5.41) is 2.72.